The zero-order valence-corrected chi connectivity index (χ0v) is 12.3. The summed E-state index contributed by atoms with van der Waals surface area (Å²) in [6, 6.07) is 7.52. The highest BCUT2D eigenvalue weighted by Gasteiger charge is 2.34. The van der Waals surface area contributed by atoms with Gasteiger partial charge in [0.25, 0.3) is 0 Å². The first kappa shape index (κ1) is 13.1. The molecule has 2 heteroatoms. The molecule has 0 bridgehead atoms. The van der Waals surface area contributed by atoms with E-state index >= 15 is 0 Å². The highest BCUT2D eigenvalue weighted by molar-refractivity contribution is 5.36. The Labute approximate surface area is 117 Å². The first-order valence-electron chi connectivity index (χ1n) is 7.78. The lowest BCUT2D eigenvalue weighted by molar-refractivity contribution is 0.0832. The fraction of sp³-hybridized carbons (Fsp3) is 0.647. The maximum absolute atomic E-state index is 3.48. The standard InChI is InChI=1S/C17H26N2/c1-13-5-3-8-16(14(13)2)17(15-6-4-7-15)19-11-9-18-10-12-19/h3,5,8,15,17-18H,4,6-7,9-12H2,1-2H3/t17-/m0/s1. The molecule has 1 atom stereocenters. The van der Waals surface area contributed by atoms with Crippen molar-refractivity contribution in [3.8, 4) is 0 Å². The van der Waals surface area contributed by atoms with E-state index in [-0.39, 0.29) is 0 Å². The van der Waals surface area contributed by atoms with Crippen LogP contribution in [0.25, 0.3) is 0 Å². The SMILES string of the molecule is Cc1cccc([C@H](C2CCC2)N2CCNCC2)c1C. The Morgan fingerprint density at radius 3 is 2.53 bits per heavy atom. The van der Waals surface area contributed by atoms with E-state index in [1.54, 1.807) is 5.56 Å². The van der Waals surface area contributed by atoms with Crippen LogP contribution in [0.3, 0.4) is 0 Å². The maximum atomic E-state index is 3.48. The van der Waals surface area contributed by atoms with Crippen LogP contribution in [0.4, 0.5) is 0 Å². The molecule has 1 aromatic rings. The second kappa shape index (κ2) is 5.64. The average molecular weight is 258 g/mol. The van der Waals surface area contributed by atoms with Gasteiger partial charge in [-0.3, -0.25) is 4.90 Å². The third-order valence-electron chi connectivity index (χ3n) is 5.11. The molecular formula is C17H26N2. The summed E-state index contributed by atoms with van der Waals surface area (Å²) in [7, 11) is 0. The molecule has 0 spiro atoms. The zero-order chi connectivity index (χ0) is 13.2. The summed E-state index contributed by atoms with van der Waals surface area (Å²) in [5, 5.41) is 3.48. The summed E-state index contributed by atoms with van der Waals surface area (Å²) in [4.78, 5) is 2.72. The summed E-state index contributed by atoms with van der Waals surface area (Å²) in [5.41, 5.74) is 4.54. The van der Waals surface area contributed by atoms with E-state index in [1.807, 2.05) is 0 Å². The van der Waals surface area contributed by atoms with Crippen molar-refractivity contribution in [2.24, 2.45) is 5.92 Å². The van der Waals surface area contributed by atoms with Gasteiger partial charge in [-0.15, -0.1) is 0 Å². The van der Waals surface area contributed by atoms with Crippen molar-refractivity contribution in [1.29, 1.82) is 0 Å². The van der Waals surface area contributed by atoms with E-state index in [4.69, 9.17) is 0 Å². The van der Waals surface area contributed by atoms with Crippen LogP contribution in [0.15, 0.2) is 18.2 Å². The van der Waals surface area contributed by atoms with E-state index in [0.717, 1.165) is 19.0 Å². The van der Waals surface area contributed by atoms with Crippen LogP contribution in [0.1, 0.15) is 42.0 Å². The van der Waals surface area contributed by atoms with Gasteiger partial charge in [-0.25, -0.2) is 0 Å². The number of hydrogen-bond donors (Lipinski definition) is 1. The van der Waals surface area contributed by atoms with Gasteiger partial charge in [-0.05, 0) is 49.3 Å². The smallest absolute Gasteiger partial charge is 0.0380 e. The summed E-state index contributed by atoms with van der Waals surface area (Å²) in [6.07, 6.45) is 4.27. The van der Waals surface area contributed by atoms with Crippen LogP contribution < -0.4 is 5.32 Å². The molecular weight excluding hydrogens is 232 g/mol. The third kappa shape index (κ3) is 2.56. The van der Waals surface area contributed by atoms with E-state index < -0.39 is 0 Å². The van der Waals surface area contributed by atoms with Crippen molar-refractivity contribution in [1.82, 2.24) is 10.2 Å². The second-order valence-corrected chi connectivity index (χ2v) is 6.21. The Kier molecular flexibility index (Phi) is 3.90. The molecule has 2 nitrogen and oxygen atoms in total. The van der Waals surface area contributed by atoms with Gasteiger partial charge in [0, 0.05) is 32.2 Å². The number of benzene rings is 1. The fourth-order valence-electron chi connectivity index (χ4n) is 3.56. The molecule has 0 unspecified atom stereocenters. The van der Waals surface area contributed by atoms with Crippen LogP contribution in [0.2, 0.25) is 0 Å². The van der Waals surface area contributed by atoms with Gasteiger partial charge >= 0.3 is 0 Å². The van der Waals surface area contributed by atoms with Crippen molar-refractivity contribution < 1.29 is 0 Å². The highest BCUT2D eigenvalue weighted by Crippen LogP contribution is 2.42. The zero-order valence-electron chi connectivity index (χ0n) is 12.3. The Hall–Kier alpha value is -0.860. The number of rotatable bonds is 3. The van der Waals surface area contributed by atoms with E-state index in [2.05, 4.69) is 42.3 Å². The first-order valence-corrected chi connectivity index (χ1v) is 7.78. The molecule has 19 heavy (non-hydrogen) atoms. The van der Waals surface area contributed by atoms with Gasteiger partial charge < -0.3 is 5.32 Å². The Bertz CT molecular complexity index is 431. The van der Waals surface area contributed by atoms with Crippen LogP contribution in [-0.2, 0) is 0 Å². The van der Waals surface area contributed by atoms with Crippen LogP contribution in [-0.4, -0.2) is 31.1 Å². The normalized spacial score (nSPS) is 23.1. The number of hydrogen-bond acceptors (Lipinski definition) is 2. The molecule has 2 fully saturated rings. The van der Waals surface area contributed by atoms with E-state index in [1.165, 1.54) is 43.5 Å². The van der Waals surface area contributed by atoms with Crippen LogP contribution >= 0.6 is 0 Å². The molecule has 0 radical (unpaired) electrons. The van der Waals surface area contributed by atoms with E-state index in [0.29, 0.717) is 6.04 Å². The van der Waals surface area contributed by atoms with Crippen molar-refractivity contribution in [3.05, 3.63) is 34.9 Å². The fourth-order valence-corrected chi connectivity index (χ4v) is 3.56. The van der Waals surface area contributed by atoms with Crippen LogP contribution in [0, 0.1) is 19.8 Å². The Balaban J connectivity index is 1.91. The predicted molar refractivity (Wildman–Crippen MR) is 80.4 cm³/mol. The molecule has 1 aliphatic carbocycles. The Morgan fingerprint density at radius 1 is 1.16 bits per heavy atom. The molecule has 1 N–H and O–H groups in total. The lowest BCUT2D eigenvalue weighted by Gasteiger charge is -2.44. The van der Waals surface area contributed by atoms with Gasteiger partial charge in [0.2, 0.25) is 0 Å². The first-order chi connectivity index (χ1) is 9.27. The number of nitrogens with one attached hydrogen (secondary N) is 1. The van der Waals surface area contributed by atoms with Crippen molar-refractivity contribution in [3.63, 3.8) is 0 Å². The molecule has 1 aliphatic heterocycles. The van der Waals surface area contributed by atoms with E-state index in [9.17, 15) is 0 Å². The quantitative estimate of drug-likeness (QED) is 0.896. The van der Waals surface area contributed by atoms with Crippen molar-refractivity contribution in [2.45, 2.75) is 39.2 Å². The summed E-state index contributed by atoms with van der Waals surface area (Å²) in [6.45, 7) is 9.25. The number of nitrogens with zero attached hydrogens (tertiary/aromatic N) is 1. The predicted octanol–water partition coefficient (Wildman–Crippen LogP) is 3.05. The molecule has 1 aromatic carbocycles. The minimum atomic E-state index is 0.663. The molecule has 0 amide bonds. The lowest BCUT2D eigenvalue weighted by atomic mass is 9.75. The number of aryl methyl sites for hydroxylation is 1. The summed E-state index contributed by atoms with van der Waals surface area (Å²) in [5.74, 6) is 0.888. The van der Waals surface area contributed by atoms with Gasteiger partial charge in [-0.1, -0.05) is 24.6 Å². The minimum absolute atomic E-state index is 0.663. The number of piperazine rings is 1. The van der Waals surface area contributed by atoms with Gasteiger partial charge in [0.1, 0.15) is 0 Å². The molecule has 0 aromatic heterocycles. The summed E-state index contributed by atoms with van der Waals surface area (Å²) >= 11 is 0. The van der Waals surface area contributed by atoms with Crippen molar-refractivity contribution >= 4 is 0 Å². The topological polar surface area (TPSA) is 15.3 Å². The van der Waals surface area contributed by atoms with Crippen molar-refractivity contribution in [2.75, 3.05) is 26.2 Å². The summed E-state index contributed by atoms with van der Waals surface area (Å²) < 4.78 is 0. The molecule has 1 heterocycles. The Morgan fingerprint density at radius 2 is 1.89 bits per heavy atom. The molecule has 3 rings (SSSR count). The minimum Gasteiger partial charge on any atom is -0.314 e. The van der Waals surface area contributed by atoms with Gasteiger partial charge in [-0.2, -0.15) is 0 Å². The van der Waals surface area contributed by atoms with Gasteiger partial charge in [0.05, 0.1) is 0 Å². The largest absolute Gasteiger partial charge is 0.314 e. The molecule has 104 valence electrons. The second-order valence-electron chi connectivity index (χ2n) is 6.21. The average Bonchev–Trinajstić information content (AvgIpc) is 2.38. The highest BCUT2D eigenvalue weighted by atomic mass is 15.2. The lowest BCUT2D eigenvalue weighted by Crippen LogP contribution is -2.48. The monoisotopic (exact) mass is 258 g/mol. The third-order valence-corrected chi connectivity index (χ3v) is 5.11. The van der Waals surface area contributed by atoms with Gasteiger partial charge in [0.15, 0.2) is 0 Å². The molecule has 1 saturated carbocycles. The maximum Gasteiger partial charge on any atom is 0.0380 e. The molecule has 1 saturated heterocycles. The van der Waals surface area contributed by atoms with Crippen LogP contribution in [0.5, 0.6) is 0 Å². The molecule has 2 aliphatic rings.